The van der Waals surface area contributed by atoms with Gasteiger partial charge in [-0.1, -0.05) is 27.7 Å². The van der Waals surface area contributed by atoms with Crippen molar-refractivity contribution in [3.63, 3.8) is 0 Å². The molecule has 0 amide bonds. The molecular formula is C16H22Cl2Zr-2. The Labute approximate surface area is 132 Å². The van der Waals surface area contributed by atoms with Crippen LogP contribution < -0.4 is 0 Å². The number of halogens is 2. The number of hydrogen-bond donors (Lipinski definition) is 0. The van der Waals surface area contributed by atoms with E-state index < -0.39 is 18.9 Å². The van der Waals surface area contributed by atoms with Crippen molar-refractivity contribution in [3.8, 4) is 0 Å². The summed E-state index contributed by atoms with van der Waals surface area (Å²) in [6, 6.07) is 12.8. The molecule has 2 aromatic carbocycles. The molecule has 0 aliphatic rings. The topological polar surface area (TPSA) is 0 Å². The summed E-state index contributed by atoms with van der Waals surface area (Å²) in [5.41, 5.74) is 5.44. The number of rotatable bonds is 0. The molecule has 19 heavy (non-hydrogen) atoms. The molecule has 2 rings (SSSR count). The molecule has 0 fully saturated rings. The summed E-state index contributed by atoms with van der Waals surface area (Å²) < 4.78 is 1.89. The van der Waals surface area contributed by atoms with Gasteiger partial charge >= 0.3 is 46.5 Å². The molecule has 0 atom stereocenters. The van der Waals surface area contributed by atoms with Crippen LogP contribution in [0.4, 0.5) is 0 Å². The van der Waals surface area contributed by atoms with Crippen LogP contribution in [0.1, 0.15) is 29.2 Å². The SMILES string of the molecule is C[CH]=[Zr]([Cl])[Cl].Cc1cc[c-](C)c1.Cc1cc[c-](C)c1. The molecule has 0 heterocycles. The van der Waals surface area contributed by atoms with Gasteiger partial charge in [0.1, 0.15) is 0 Å². The van der Waals surface area contributed by atoms with Crippen molar-refractivity contribution in [2.24, 2.45) is 0 Å². The van der Waals surface area contributed by atoms with Crippen LogP contribution in [0.3, 0.4) is 0 Å². The van der Waals surface area contributed by atoms with Crippen molar-refractivity contribution in [3.05, 3.63) is 58.7 Å². The Morgan fingerprint density at radius 1 is 0.947 bits per heavy atom. The number of aryl methyl sites for hydroxylation is 4. The molecule has 3 heteroatoms. The van der Waals surface area contributed by atoms with E-state index >= 15 is 0 Å². The molecule has 2 aromatic rings. The molecule has 0 unspecified atom stereocenters. The monoisotopic (exact) mass is 374 g/mol. The zero-order chi connectivity index (χ0) is 14.8. The minimum absolute atomic E-state index is 1.36. The van der Waals surface area contributed by atoms with Gasteiger partial charge in [0, 0.05) is 0 Å². The third kappa shape index (κ3) is 11.6. The first-order valence-corrected chi connectivity index (χ1v) is 14.0. The van der Waals surface area contributed by atoms with Crippen LogP contribution >= 0.6 is 17.0 Å². The van der Waals surface area contributed by atoms with Crippen molar-refractivity contribution in [1.29, 1.82) is 0 Å². The molecule has 0 bridgehead atoms. The van der Waals surface area contributed by atoms with Crippen molar-refractivity contribution in [1.82, 2.24) is 0 Å². The standard InChI is InChI=1S/2C7H9.C2H4.2ClH.Zr/c2*1-6-3-4-7(2)5-6;1-2;;;/h2*3-5H,1-2H3;1H,2H3;2*1H;/q2*-1;;;;+2/p-2. The Morgan fingerprint density at radius 3 is 1.32 bits per heavy atom. The van der Waals surface area contributed by atoms with Crippen LogP contribution in [0.25, 0.3) is 0 Å². The Balaban J connectivity index is 0.000000261. The van der Waals surface area contributed by atoms with E-state index in [2.05, 4.69) is 64.1 Å². The van der Waals surface area contributed by atoms with E-state index in [1.54, 1.807) is 0 Å². The van der Waals surface area contributed by atoms with Crippen LogP contribution in [0.5, 0.6) is 0 Å². The first-order chi connectivity index (χ1) is 8.85. The van der Waals surface area contributed by atoms with Crippen LogP contribution in [0.2, 0.25) is 0 Å². The average molecular weight is 376 g/mol. The van der Waals surface area contributed by atoms with E-state index in [-0.39, 0.29) is 0 Å². The Kier molecular flexibility index (Phi) is 10.8. The maximum absolute atomic E-state index is 5.37. The first kappa shape index (κ1) is 19.0. The van der Waals surface area contributed by atoms with E-state index in [0.717, 1.165) is 0 Å². The second-order valence-electron chi connectivity index (χ2n) is 4.51. The van der Waals surface area contributed by atoms with Gasteiger partial charge in [-0.2, -0.15) is 35.4 Å². The van der Waals surface area contributed by atoms with Gasteiger partial charge in [0.05, 0.1) is 0 Å². The van der Waals surface area contributed by atoms with Crippen LogP contribution in [0.15, 0.2) is 36.4 Å². The molecule has 0 nitrogen and oxygen atoms in total. The Morgan fingerprint density at radius 2 is 1.26 bits per heavy atom. The summed E-state index contributed by atoms with van der Waals surface area (Å²) in [7, 11) is 10.7. The van der Waals surface area contributed by atoms with E-state index in [1.165, 1.54) is 22.3 Å². The fourth-order valence-electron chi connectivity index (χ4n) is 1.44. The van der Waals surface area contributed by atoms with Crippen LogP contribution in [-0.4, -0.2) is 3.71 Å². The van der Waals surface area contributed by atoms with E-state index in [1.807, 2.05) is 10.6 Å². The molecular weight excluding hydrogens is 354 g/mol. The maximum atomic E-state index is 5.37. The molecule has 0 aromatic heterocycles. The van der Waals surface area contributed by atoms with Gasteiger partial charge in [-0.05, 0) is 0 Å². The number of hydrogen-bond acceptors (Lipinski definition) is 0. The van der Waals surface area contributed by atoms with Crippen molar-refractivity contribution in [2.45, 2.75) is 34.6 Å². The van der Waals surface area contributed by atoms with E-state index in [4.69, 9.17) is 17.0 Å². The summed E-state index contributed by atoms with van der Waals surface area (Å²) in [5, 5.41) is 0. The molecule has 0 spiro atoms. The van der Waals surface area contributed by atoms with Crippen LogP contribution in [0, 0.1) is 27.7 Å². The van der Waals surface area contributed by atoms with Gasteiger partial charge in [0.15, 0.2) is 0 Å². The fourth-order valence-corrected chi connectivity index (χ4v) is 1.44. The predicted octanol–water partition coefficient (Wildman–Crippen LogP) is 5.78. The fraction of sp³-hybridized carbons (Fsp3) is 0.312. The second-order valence-corrected chi connectivity index (χ2v) is 13.3. The third-order valence-corrected chi connectivity index (χ3v) is 6.00. The van der Waals surface area contributed by atoms with Gasteiger partial charge in [-0.3, -0.25) is 0 Å². The molecule has 0 aliphatic heterocycles. The second kappa shape index (κ2) is 10.8. The minimum atomic E-state index is -1.76. The minimum Gasteiger partial charge on any atom is -0.211 e. The average Bonchev–Trinajstić information content (AvgIpc) is 2.89. The van der Waals surface area contributed by atoms with Gasteiger partial charge in [0.25, 0.3) is 0 Å². The smallest absolute Gasteiger partial charge is 0.0860 e. The zero-order valence-corrected chi connectivity index (χ0v) is 16.3. The molecule has 0 saturated heterocycles. The first-order valence-electron chi connectivity index (χ1n) is 6.22. The zero-order valence-electron chi connectivity index (χ0n) is 12.3. The van der Waals surface area contributed by atoms with Crippen molar-refractivity contribution < 1.29 is 18.9 Å². The summed E-state index contributed by atoms with van der Waals surface area (Å²) in [6.07, 6.45) is 0. The predicted molar refractivity (Wildman–Crippen MR) is 86.5 cm³/mol. The Hall–Kier alpha value is 0.0331. The summed E-state index contributed by atoms with van der Waals surface area (Å²) in [6.45, 7) is 10.3. The van der Waals surface area contributed by atoms with Gasteiger partial charge in [-0.25, -0.2) is 23.3 Å². The summed E-state index contributed by atoms with van der Waals surface area (Å²) >= 11 is -1.76. The Bertz CT molecular complexity index is 417. The summed E-state index contributed by atoms with van der Waals surface area (Å²) in [4.78, 5) is 0. The van der Waals surface area contributed by atoms with Crippen LogP contribution in [-0.2, 0) is 18.9 Å². The van der Waals surface area contributed by atoms with Gasteiger partial charge in [-0.15, -0.1) is 0 Å². The molecule has 0 N–H and O–H groups in total. The van der Waals surface area contributed by atoms with Gasteiger partial charge < -0.3 is 0 Å². The van der Waals surface area contributed by atoms with Gasteiger partial charge in [0.2, 0.25) is 0 Å². The normalized spacial score (nSPS) is 8.79. The summed E-state index contributed by atoms with van der Waals surface area (Å²) in [5.74, 6) is 0. The molecule has 0 radical (unpaired) electrons. The van der Waals surface area contributed by atoms with Crippen molar-refractivity contribution >= 4 is 20.7 Å². The van der Waals surface area contributed by atoms with E-state index in [9.17, 15) is 0 Å². The molecule has 0 saturated carbocycles. The molecule has 106 valence electrons. The quantitative estimate of drug-likeness (QED) is 0.511. The largest absolute Gasteiger partial charge is 0.211 e. The third-order valence-electron chi connectivity index (χ3n) is 2.35. The molecule has 0 aliphatic carbocycles. The van der Waals surface area contributed by atoms with E-state index in [0.29, 0.717) is 0 Å². The maximum Gasteiger partial charge on any atom is -0.0860 e. The van der Waals surface area contributed by atoms with Crippen molar-refractivity contribution in [2.75, 3.05) is 0 Å².